The van der Waals surface area contributed by atoms with Crippen molar-refractivity contribution < 1.29 is 9.90 Å². The fraction of sp³-hybridized carbons (Fsp3) is 0.588. The smallest absolute Gasteiger partial charge is 0.233 e. The second-order valence-corrected chi connectivity index (χ2v) is 7.10. The van der Waals surface area contributed by atoms with Gasteiger partial charge in [0, 0.05) is 26.2 Å². The zero-order valence-corrected chi connectivity index (χ0v) is 14.2. The number of nitrogens with one attached hydrogen (secondary N) is 1. The van der Waals surface area contributed by atoms with Crippen molar-refractivity contribution in [2.24, 2.45) is 0 Å². The van der Waals surface area contributed by atoms with Crippen LogP contribution in [0.3, 0.4) is 0 Å². The van der Waals surface area contributed by atoms with Gasteiger partial charge in [0.25, 0.3) is 0 Å². The lowest BCUT2D eigenvalue weighted by Crippen LogP contribution is -2.35. The lowest BCUT2D eigenvalue weighted by molar-refractivity contribution is -0.120. The van der Waals surface area contributed by atoms with E-state index in [1.807, 2.05) is 13.2 Å². The van der Waals surface area contributed by atoms with Crippen LogP contribution in [0.5, 0.6) is 0 Å². The van der Waals surface area contributed by atoms with Crippen LogP contribution >= 0.6 is 11.8 Å². The van der Waals surface area contributed by atoms with Crippen molar-refractivity contribution in [2.45, 2.75) is 44.2 Å². The van der Waals surface area contributed by atoms with Gasteiger partial charge in [0.2, 0.25) is 5.91 Å². The number of hydrogen-bond acceptors (Lipinski definition) is 4. The van der Waals surface area contributed by atoms with E-state index in [2.05, 4.69) is 34.5 Å². The van der Waals surface area contributed by atoms with Crippen molar-refractivity contribution in [3.8, 4) is 0 Å². The number of carbonyl (C=O) groups is 1. The molecule has 1 saturated heterocycles. The van der Waals surface area contributed by atoms with E-state index in [1.165, 1.54) is 5.56 Å². The molecule has 0 spiro atoms. The van der Waals surface area contributed by atoms with Gasteiger partial charge in [-0.1, -0.05) is 24.3 Å². The van der Waals surface area contributed by atoms with Gasteiger partial charge in [-0.2, -0.15) is 11.8 Å². The van der Waals surface area contributed by atoms with Crippen LogP contribution in [0.25, 0.3) is 0 Å². The molecule has 0 aromatic heterocycles. The number of amides is 1. The molecule has 0 bridgehead atoms. The fourth-order valence-corrected chi connectivity index (χ4v) is 2.84. The number of carbonyl (C=O) groups excluding carboxylic acids is 1. The Kier molecular flexibility index (Phi) is 6.73. The molecule has 22 heavy (non-hydrogen) atoms. The highest BCUT2D eigenvalue weighted by molar-refractivity contribution is 7.99. The third-order valence-corrected chi connectivity index (χ3v) is 5.10. The van der Waals surface area contributed by atoms with Crippen molar-refractivity contribution in [1.82, 2.24) is 10.2 Å². The van der Waals surface area contributed by atoms with Crippen molar-refractivity contribution in [2.75, 3.05) is 19.3 Å². The fourth-order valence-electron chi connectivity index (χ4n) is 2.54. The van der Waals surface area contributed by atoms with Crippen LogP contribution in [-0.4, -0.2) is 46.6 Å². The van der Waals surface area contributed by atoms with Gasteiger partial charge in [-0.25, -0.2) is 0 Å². The third-order valence-electron chi connectivity index (χ3n) is 4.18. The summed E-state index contributed by atoms with van der Waals surface area (Å²) in [5.74, 6) is 0.0865. The summed E-state index contributed by atoms with van der Waals surface area (Å²) in [6.45, 7) is 5.36. The van der Waals surface area contributed by atoms with Gasteiger partial charge in [-0.05, 0) is 37.1 Å². The Morgan fingerprint density at radius 1 is 1.32 bits per heavy atom. The Balaban J connectivity index is 1.79. The number of hydrogen-bond donors (Lipinski definition) is 2. The first kappa shape index (κ1) is 17.3. The van der Waals surface area contributed by atoms with Gasteiger partial charge >= 0.3 is 0 Å². The average Bonchev–Trinajstić information content (AvgIpc) is 2.55. The molecule has 4 nitrogen and oxygen atoms in total. The summed E-state index contributed by atoms with van der Waals surface area (Å²) in [5.41, 5.74) is 2.41. The quantitative estimate of drug-likeness (QED) is 0.841. The number of thioether (sulfide) groups is 1. The molecule has 2 rings (SSSR count). The van der Waals surface area contributed by atoms with Gasteiger partial charge in [0.1, 0.15) is 0 Å². The van der Waals surface area contributed by atoms with Crippen LogP contribution < -0.4 is 5.32 Å². The molecule has 1 unspecified atom stereocenters. The number of aliphatic hydroxyl groups excluding tert-OH is 1. The molecule has 1 aliphatic rings. The van der Waals surface area contributed by atoms with Gasteiger partial charge in [-0.15, -0.1) is 0 Å². The average molecular weight is 322 g/mol. The highest BCUT2D eigenvalue weighted by atomic mass is 32.2. The SMILES string of the molecule is CSC(C)C(=O)NCc1ccc(CN2CCC(O)CC2)cc1. The number of likely N-dealkylation sites (tertiary alicyclic amines) is 1. The molecule has 1 aromatic rings. The van der Waals surface area contributed by atoms with Crippen molar-refractivity contribution in [1.29, 1.82) is 0 Å². The first-order valence-electron chi connectivity index (χ1n) is 7.87. The molecule has 1 aromatic carbocycles. The highest BCUT2D eigenvalue weighted by Crippen LogP contribution is 2.14. The summed E-state index contributed by atoms with van der Waals surface area (Å²) < 4.78 is 0. The van der Waals surface area contributed by atoms with E-state index in [0.29, 0.717) is 6.54 Å². The normalized spacial score (nSPS) is 18.1. The first-order valence-corrected chi connectivity index (χ1v) is 9.16. The molecular formula is C17H26N2O2S. The van der Waals surface area contributed by atoms with Crippen molar-refractivity contribution >= 4 is 17.7 Å². The molecule has 1 aliphatic heterocycles. The second-order valence-electron chi connectivity index (χ2n) is 5.92. The maximum absolute atomic E-state index is 11.7. The summed E-state index contributed by atoms with van der Waals surface area (Å²) >= 11 is 1.55. The number of aliphatic hydroxyl groups is 1. The number of piperidine rings is 1. The van der Waals surface area contributed by atoms with E-state index in [0.717, 1.165) is 38.0 Å². The van der Waals surface area contributed by atoms with E-state index in [9.17, 15) is 9.90 Å². The maximum Gasteiger partial charge on any atom is 0.233 e. The standard InChI is InChI=1S/C17H26N2O2S/c1-13(22-2)17(21)18-11-14-3-5-15(6-4-14)12-19-9-7-16(20)8-10-19/h3-6,13,16,20H,7-12H2,1-2H3,(H,18,21). The molecule has 2 N–H and O–H groups in total. The minimum Gasteiger partial charge on any atom is -0.393 e. The second kappa shape index (κ2) is 8.56. The monoisotopic (exact) mass is 322 g/mol. The molecule has 0 aliphatic carbocycles. The van der Waals surface area contributed by atoms with Crippen LogP contribution in [0.1, 0.15) is 30.9 Å². The third kappa shape index (κ3) is 5.30. The zero-order valence-electron chi connectivity index (χ0n) is 13.4. The summed E-state index contributed by atoms with van der Waals surface area (Å²) in [4.78, 5) is 14.1. The number of benzene rings is 1. The molecule has 1 heterocycles. The van der Waals surface area contributed by atoms with E-state index < -0.39 is 0 Å². The highest BCUT2D eigenvalue weighted by Gasteiger charge is 2.16. The minimum absolute atomic E-state index is 0.00581. The summed E-state index contributed by atoms with van der Waals surface area (Å²) in [6.07, 6.45) is 3.57. The van der Waals surface area contributed by atoms with Crippen LogP contribution in [0.2, 0.25) is 0 Å². The van der Waals surface area contributed by atoms with Gasteiger partial charge in [-0.3, -0.25) is 9.69 Å². The number of rotatable bonds is 6. The van der Waals surface area contributed by atoms with Crippen molar-refractivity contribution in [3.63, 3.8) is 0 Å². The summed E-state index contributed by atoms with van der Waals surface area (Å²) in [5, 5.41) is 12.5. The Morgan fingerprint density at radius 3 is 2.50 bits per heavy atom. The van der Waals surface area contributed by atoms with Crippen LogP contribution in [-0.2, 0) is 17.9 Å². The van der Waals surface area contributed by atoms with Gasteiger partial charge in [0.15, 0.2) is 0 Å². The Hall–Kier alpha value is -1.04. The van der Waals surface area contributed by atoms with Crippen LogP contribution in [0, 0.1) is 0 Å². The summed E-state index contributed by atoms with van der Waals surface area (Å²) in [7, 11) is 0. The molecule has 1 atom stereocenters. The Morgan fingerprint density at radius 2 is 1.91 bits per heavy atom. The van der Waals surface area contributed by atoms with Gasteiger partial charge < -0.3 is 10.4 Å². The van der Waals surface area contributed by atoms with Crippen LogP contribution in [0.15, 0.2) is 24.3 Å². The van der Waals surface area contributed by atoms with Gasteiger partial charge in [0.05, 0.1) is 11.4 Å². The molecule has 5 heteroatoms. The minimum atomic E-state index is -0.120. The van der Waals surface area contributed by atoms with Crippen LogP contribution in [0.4, 0.5) is 0 Å². The molecular weight excluding hydrogens is 296 g/mol. The Labute approximate surface area is 137 Å². The first-order chi connectivity index (χ1) is 10.6. The topological polar surface area (TPSA) is 52.6 Å². The van der Waals surface area contributed by atoms with E-state index in [-0.39, 0.29) is 17.3 Å². The largest absolute Gasteiger partial charge is 0.393 e. The number of nitrogens with zero attached hydrogens (tertiary/aromatic N) is 1. The van der Waals surface area contributed by atoms with Crippen molar-refractivity contribution in [3.05, 3.63) is 35.4 Å². The molecule has 0 saturated carbocycles. The lowest BCUT2D eigenvalue weighted by atomic mass is 10.1. The molecule has 1 amide bonds. The van der Waals surface area contributed by atoms with E-state index in [1.54, 1.807) is 11.8 Å². The maximum atomic E-state index is 11.7. The molecule has 122 valence electrons. The lowest BCUT2D eigenvalue weighted by Gasteiger charge is -2.29. The zero-order chi connectivity index (χ0) is 15.9. The predicted molar refractivity (Wildman–Crippen MR) is 91.8 cm³/mol. The van der Waals surface area contributed by atoms with E-state index in [4.69, 9.17) is 0 Å². The molecule has 0 radical (unpaired) electrons. The van der Waals surface area contributed by atoms with E-state index >= 15 is 0 Å². The summed E-state index contributed by atoms with van der Waals surface area (Å²) in [6, 6.07) is 8.42. The predicted octanol–water partition coefficient (Wildman–Crippen LogP) is 2.01. The molecule has 1 fully saturated rings. The Bertz CT molecular complexity index is 470.